The van der Waals surface area contributed by atoms with Crippen molar-refractivity contribution in [3.05, 3.63) is 30.0 Å². The first-order valence-corrected chi connectivity index (χ1v) is 6.25. The second-order valence-corrected chi connectivity index (χ2v) is 5.34. The third kappa shape index (κ3) is 2.46. The lowest BCUT2D eigenvalue weighted by Gasteiger charge is -2.28. The molecule has 0 spiro atoms. The number of carbonyl (C=O) groups excluding carboxylic acids is 1. The van der Waals surface area contributed by atoms with E-state index in [2.05, 4.69) is 10.4 Å². The molecule has 0 aliphatic heterocycles. The number of nitrogens with one attached hydrogen (secondary N) is 1. The number of fused-ring (bicyclic) bond motifs is 1. The molecule has 5 heteroatoms. The Hall–Kier alpha value is -1.88. The van der Waals surface area contributed by atoms with Crippen molar-refractivity contribution in [2.75, 3.05) is 0 Å². The van der Waals surface area contributed by atoms with Gasteiger partial charge < -0.3 is 10.4 Å². The van der Waals surface area contributed by atoms with Crippen molar-refractivity contribution in [2.45, 2.75) is 32.4 Å². The summed E-state index contributed by atoms with van der Waals surface area (Å²) in [7, 11) is 1.80. The monoisotopic (exact) mass is 261 g/mol. The summed E-state index contributed by atoms with van der Waals surface area (Å²) in [6.45, 7) is 5.21. The van der Waals surface area contributed by atoms with E-state index >= 15 is 0 Å². The molecule has 102 valence electrons. The molecule has 0 bridgehead atoms. The van der Waals surface area contributed by atoms with Crippen LogP contribution in [0.2, 0.25) is 0 Å². The summed E-state index contributed by atoms with van der Waals surface area (Å²) in [5.74, 6) is -0.275. The van der Waals surface area contributed by atoms with Crippen LogP contribution < -0.4 is 5.32 Å². The smallest absolute Gasteiger partial charge is 0.272 e. The molecule has 0 fully saturated rings. The molecule has 1 heterocycles. The quantitative estimate of drug-likeness (QED) is 0.879. The zero-order valence-electron chi connectivity index (χ0n) is 11.6. The maximum Gasteiger partial charge on any atom is 0.272 e. The summed E-state index contributed by atoms with van der Waals surface area (Å²) in [6, 6.07) is 7.57. The lowest BCUT2D eigenvalue weighted by Crippen LogP contribution is -2.51. The van der Waals surface area contributed by atoms with Gasteiger partial charge in [-0.15, -0.1) is 0 Å². The molecule has 1 aromatic heterocycles. The highest BCUT2D eigenvalue weighted by atomic mass is 16.3. The van der Waals surface area contributed by atoms with E-state index in [0.29, 0.717) is 5.69 Å². The second kappa shape index (κ2) is 4.66. The normalized spacial score (nSPS) is 13.5. The lowest BCUT2D eigenvalue weighted by atomic mass is 9.98. The Morgan fingerprint density at radius 3 is 2.68 bits per heavy atom. The average Bonchev–Trinajstić information content (AvgIpc) is 2.67. The molecule has 0 radical (unpaired) electrons. The molecule has 2 rings (SSSR count). The number of aromatic nitrogens is 2. The zero-order chi connectivity index (χ0) is 14.2. The molecular weight excluding hydrogens is 242 g/mol. The molecule has 1 unspecified atom stereocenters. The molecule has 1 atom stereocenters. The van der Waals surface area contributed by atoms with Crippen LogP contribution in [0, 0.1) is 0 Å². The molecule has 1 aromatic carbocycles. The van der Waals surface area contributed by atoms with Gasteiger partial charge in [0.2, 0.25) is 0 Å². The van der Waals surface area contributed by atoms with Gasteiger partial charge in [-0.25, -0.2) is 0 Å². The van der Waals surface area contributed by atoms with Crippen molar-refractivity contribution < 1.29 is 9.90 Å². The number of para-hydroxylation sites is 1. The molecule has 0 aliphatic rings. The Kier molecular flexibility index (Phi) is 3.32. The molecule has 0 aliphatic carbocycles. The second-order valence-electron chi connectivity index (χ2n) is 5.34. The number of rotatable bonds is 3. The topological polar surface area (TPSA) is 67.2 Å². The number of aliphatic hydroxyl groups is 1. The van der Waals surface area contributed by atoms with Crippen molar-refractivity contribution in [3.63, 3.8) is 0 Å². The minimum Gasteiger partial charge on any atom is -0.391 e. The van der Waals surface area contributed by atoms with Crippen molar-refractivity contribution in [1.29, 1.82) is 0 Å². The van der Waals surface area contributed by atoms with Crippen LogP contribution in [0.3, 0.4) is 0 Å². The summed E-state index contributed by atoms with van der Waals surface area (Å²) in [6.07, 6.45) is -0.647. The highest BCUT2D eigenvalue weighted by Crippen LogP contribution is 2.18. The molecule has 2 aromatic rings. The standard InChI is InChI=1S/C14H19N3O2/c1-9(18)14(2,3)15-13(19)12-10-7-5-6-8-11(10)17(4)16-12/h5-9,18H,1-4H3,(H,15,19). The Morgan fingerprint density at radius 2 is 2.05 bits per heavy atom. The van der Waals surface area contributed by atoms with Crippen molar-refractivity contribution >= 4 is 16.8 Å². The number of amides is 1. The van der Waals surface area contributed by atoms with Gasteiger partial charge in [0, 0.05) is 12.4 Å². The van der Waals surface area contributed by atoms with Crippen molar-refractivity contribution in [1.82, 2.24) is 15.1 Å². The van der Waals surface area contributed by atoms with Crippen LogP contribution in [0.5, 0.6) is 0 Å². The average molecular weight is 261 g/mol. The van der Waals surface area contributed by atoms with Crippen LogP contribution in [-0.2, 0) is 7.05 Å². The predicted octanol–water partition coefficient (Wildman–Crippen LogP) is 1.46. The highest BCUT2D eigenvalue weighted by Gasteiger charge is 2.28. The molecule has 19 heavy (non-hydrogen) atoms. The fourth-order valence-corrected chi connectivity index (χ4v) is 1.84. The van der Waals surface area contributed by atoms with Crippen molar-refractivity contribution in [3.8, 4) is 0 Å². The van der Waals surface area contributed by atoms with Gasteiger partial charge in [-0.05, 0) is 26.8 Å². The number of aryl methyl sites for hydroxylation is 1. The van der Waals surface area contributed by atoms with Crippen molar-refractivity contribution in [2.24, 2.45) is 7.05 Å². The highest BCUT2D eigenvalue weighted by molar-refractivity contribution is 6.05. The van der Waals surface area contributed by atoms with E-state index in [1.54, 1.807) is 32.5 Å². The molecule has 0 saturated heterocycles. The fourth-order valence-electron chi connectivity index (χ4n) is 1.84. The Morgan fingerprint density at radius 1 is 1.42 bits per heavy atom. The van der Waals surface area contributed by atoms with Crippen LogP contribution in [0.4, 0.5) is 0 Å². The van der Waals surface area contributed by atoms with E-state index in [9.17, 15) is 9.90 Å². The molecule has 2 N–H and O–H groups in total. The number of aliphatic hydroxyl groups excluding tert-OH is 1. The SMILES string of the molecule is CC(O)C(C)(C)NC(=O)c1nn(C)c2ccccc12. The summed E-state index contributed by atoms with van der Waals surface area (Å²) < 4.78 is 1.68. The number of carbonyl (C=O) groups is 1. The molecule has 5 nitrogen and oxygen atoms in total. The minimum atomic E-state index is -0.699. The minimum absolute atomic E-state index is 0.275. The first-order valence-electron chi connectivity index (χ1n) is 6.25. The van der Waals surface area contributed by atoms with E-state index in [0.717, 1.165) is 10.9 Å². The first kappa shape index (κ1) is 13.5. The molecule has 0 saturated carbocycles. The summed E-state index contributed by atoms with van der Waals surface area (Å²) >= 11 is 0. The van der Waals surface area contributed by atoms with E-state index in [1.165, 1.54) is 0 Å². The van der Waals surface area contributed by atoms with Gasteiger partial charge in [0.15, 0.2) is 5.69 Å². The third-order valence-electron chi connectivity index (χ3n) is 3.45. The van der Waals surface area contributed by atoms with Crippen LogP contribution in [0.25, 0.3) is 10.9 Å². The van der Waals surface area contributed by atoms with Gasteiger partial charge in [0.25, 0.3) is 5.91 Å². The van der Waals surface area contributed by atoms with Gasteiger partial charge in [-0.2, -0.15) is 5.10 Å². The van der Waals surface area contributed by atoms with Gasteiger partial charge in [0.1, 0.15) is 0 Å². The number of nitrogens with zero attached hydrogens (tertiary/aromatic N) is 2. The molecular formula is C14H19N3O2. The number of hydrogen-bond acceptors (Lipinski definition) is 3. The summed E-state index contributed by atoms with van der Waals surface area (Å²) in [5, 5.41) is 17.5. The predicted molar refractivity (Wildman–Crippen MR) is 73.9 cm³/mol. The van der Waals surface area contributed by atoms with E-state index in [4.69, 9.17) is 0 Å². The maximum atomic E-state index is 12.3. The zero-order valence-corrected chi connectivity index (χ0v) is 11.6. The van der Waals surface area contributed by atoms with Gasteiger partial charge in [-0.3, -0.25) is 9.48 Å². The van der Waals surface area contributed by atoms with Gasteiger partial charge in [0.05, 0.1) is 17.2 Å². The van der Waals surface area contributed by atoms with Crippen LogP contribution in [-0.4, -0.2) is 32.4 Å². The Balaban J connectivity index is 2.38. The van der Waals surface area contributed by atoms with Crippen LogP contribution in [0.15, 0.2) is 24.3 Å². The van der Waals surface area contributed by atoms with Crippen LogP contribution >= 0.6 is 0 Å². The lowest BCUT2D eigenvalue weighted by molar-refractivity contribution is 0.0706. The Labute approximate surface area is 112 Å². The number of hydrogen-bond donors (Lipinski definition) is 2. The summed E-state index contributed by atoms with van der Waals surface area (Å²) in [4.78, 5) is 12.3. The van der Waals surface area contributed by atoms with Crippen LogP contribution in [0.1, 0.15) is 31.3 Å². The van der Waals surface area contributed by atoms with Gasteiger partial charge in [-0.1, -0.05) is 18.2 Å². The van der Waals surface area contributed by atoms with E-state index < -0.39 is 11.6 Å². The molecule has 1 amide bonds. The van der Waals surface area contributed by atoms with Gasteiger partial charge >= 0.3 is 0 Å². The fraction of sp³-hybridized carbons (Fsp3) is 0.429. The first-order chi connectivity index (χ1) is 8.83. The number of benzene rings is 1. The van der Waals surface area contributed by atoms with E-state index in [1.807, 2.05) is 24.3 Å². The van der Waals surface area contributed by atoms with E-state index in [-0.39, 0.29) is 5.91 Å². The Bertz CT molecular complexity index is 614. The maximum absolute atomic E-state index is 12.3. The third-order valence-corrected chi connectivity index (χ3v) is 3.45. The summed E-state index contributed by atoms with van der Waals surface area (Å²) in [5.41, 5.74) is 0.588. The largest absolute Gasteiger partial charge is 0.391 e.